The average molecular weight is 434 g/mol. The number of ether oxygens (including phenoxy) is 3. The van der Waals surface area contributed by atoms with Crippen molar-refractivity contribution in [1.82, 2.24) is 4.90 Å². The van der Waals surface area contributed by atoms with E-state index in [0.29, 0.717) is 41.8 Å². The van der Waals surface area contributed by atoms with Crippen molar-refractivity contribution in [3.63, 3.8) is 0 Å². The highest BCUT2D eigenvalue weighted by Gasteiger charge is 2.37. The SMILES string of the molecule is CCOc1ccc(Cl)cc1C(c1ccc(OC)cc1OC)N1CCCCC1C(=O)O. The molecule has 6 nitrogen and oxygen atoms in total. The molecular formula is C23H28ClNO5. The van der Waals surface area contributed by atoms with E-state index in [1.54, 1.807) is 20.3 Å². The summed E-state index contributed by atoms with van der Waals surface area (Å²) in [5, 5.41) is 10.5. The molecule has 3 rings (SSSR count). The Morgan fingerprint density at radius 3 is 2.60 bits per heavy atom. The van der Waals surface area contributed by atoms with Crippen LogP contribution >= 0.6 is 11.6 Å². The zero-order valence-corrected chi connectivity index (χ0v) is 18.3. The molecule has 1 heterocycles. The number of carboxylic acid groups (broad SMARTS) is 1. The molecule has 0 radical (unpaired) electrons. The maximum absolute atomic E-state index is 12.1. The molecule has 0 aliphatic carbocycles. The Bertz CT molecular complexity index is 888. The number of methoxy groups -OCH3 is 2. The van der Waals surface area contributed by atoms with Crippen molar-refractivity contribution in [3.05, 3.63) is 52.5 Å². The molecule has 2 unspecified atom stereocenters. The van der Waals surface area contributed by atoms with E-state index < -0.39 is 18.1 Å². The molecule has 0 spiro atoms. The summed E-state index contributed by atoms with van der Waals surface area (Å²) in [5.74, 6) is 1.14. The number of nitrogens with zero attached hydrogens (tertiary/aromatic N) is 1. The fourth-order valence-corrected chi connectivity index (χ4v) is 4.30. The summed E-state index contributed by atoms with van der Waals surface area (Å²) in [4.78, 5) is 14.1. The van der Waals surface area contributed by atoms with Gasteiger partial charge in [-0.25, -0.2) is 0 Å². The second kappa shape index (κ2) is 10.0. The lowest BCUT2D eigenvalue weighted by Crippen LogP contribution is -2.47. The minimum absolute atomic E-state index is 0.396. The Hall–Kier alpha value is -2.44. The molecular weight excluding hydrogens is 406 g/mol. The van der Waals surface area contributed by atoms with E-state index in [-0.39, 0.29) is 0 Å². The van der Waals surface area contributed by atoms with E-state index in [0.717, 1.165) is 24.0 Å². The molecule has 2 aromatic carbocycles. The van der Waals surface area contributed by atoms with Crippen molar-refractivity contribution in [1.29, 1.82) is 0 Å². The number of hydrogen-bond donors (Lipinski definition) is 1. The molecule has 30 heavy (non-hydrogen) atoms. The third-order valence-corrected chi connectivity index (χ3v) is 5.70. The minimum Gasteiger partial charge on any atom is -0.497 e. The van der Waals surface area contributed by atoms with Crippen LogP contribution in [0.5, 0.6) is 17.2 Å². The standard InChI is InChI=1S/C23H28ClNO5/c1-4-30-20-11-8-15(24)13-18(20)22(25-12-6-5-7-19(25)23(26)27)17-10-9-16(28-2)14-21(17)29-3/h8-11,13-14,19,22H,4-7,12H2,1-3H3,(H,26,27). The van der Waals surface area contributed by atoms with Crippen LogP contribution in [0.3, 0.4) is 0 Å². The number of hydrogen-bond acceptors (Lipinski definition) is 5. The van der Waals surface area contributed by atoms with Crippen LogP contribution in [0.2, 0.25) is 5.02 Å². The van der Waals surface area contributed by atoms with Gasteiger partial charge in [0.25, 0.3) is 0 Å². The van der Waals surface area contributed by atoms with Gasteiger partial charge in [0.05, 0.1) is 26.9 Å². The molecule has 0 bridgehead atoms. The Balaban J connectivity index is 2.23. The Labute approximate surface area is 182 Å². The van der Waals surface area contributed by atoms with Gasteiger partial charge in [-0.15, -0.1) is 0 Å². The highest BCUT2D eigenvalue weighted by molar-refractivity contribution is 6.30. The summed E-state index contributed by atoms with van der Waals surface area (Å²) < 4.78 is 16.9. The Kier molecular flexibility index (Phi) is 7.45. The predicted molar refractivity (Wildman–Crippen MR) is 116 cm³/mol. The highest BCUT2D eigenvalue weighted by Crippen LogP contribution is 2.43. The number of benzene rings is 2. The van der Waals surface area contributed by atoms with Gasteiger partial charge in [-0.3, -0.25) is 9.69 Å². The van der Waals surface area contributed by atoms with Crippen molar-refractivity contribution < 1.29 is 24.1 Å². The molecule has 1 N–H and O–H groups in total. The van der Waals surface area contributed by atoms with E-state index >= 15 is 0 Å². The van der Waals surface area contributed by atoms with Gasteiger partial charge in [0.1, 0.15) is 23.3 Å². The van der Waals surface area contributed by atoms with E-state index in [4.69, 9.17) is 25.8 Å². The first-order valence-electron chi connectivity index (χ1n) is 10.1. The number of piperidine rings is 1. The molecule has 0 amide bonds. The molecule has 2 aromatic rings. The molecule has 0 aromatic heterocycles. The largest absolute Gasteiger partial charge is 0.497 e. The lowest BCUT2D eigenvalue weighted by molar-refractivity contribution is -0.145. The third-order valence-electron chi connectivity index (χ3n) is 5.46. The number of carboxylic acids is 1. The van der Waals surface area contributed by atoms with Gasteiger partial charge in [0.15, 0.2) is 0 Å². The number of rotatable bonds is 8. The maximum atomic E-state index is 12.1. The zero-order valence-electron chi connectivity index (χ0n) is 17.6. The van der Waals surface area contributed by atoms with Gasteiger partial charge in [-0.1, -0.05) is 18.0 Å². The number of likely N-dealkylation sites (tertiary alicyclic amines) is 1. The average Bonchev–Trinajstić information content (AvgIpc) is 2.76. The first kappa shape index (κ1) is 22.2. The van der Waals surface area contributed by atoms with E-state index in [9.17, 15) is 9.90 Å². The van der Waals surface area contributed by atoms with Crippen LogP contribution in [-0.2, 0) is 4.79 Å². The quantitative estimate of drug-likeness (QED) is 0.645. The third kappa shape index (κ3) is 4.65. The molecule has 1 fully saturated rings. The molecule has 2 atom stereocenters. The maximum Gasteiger partial charge on any atom is 0.320 e. The van der Waals surface area contributed by atoms with Crippen LogP contribution in [-0.4, -0.2) is 49.4 Å². The second-order valence-electron chi connectivity index (χ2n) is 7.21. The summed E-state index contributed by atoms with van der Waals surface area (Å²) in [6.07, 6.45) is 2.39. The van der Waals surface area contributed by atoms with Crippen LogP contribution in [0.4, 0.5) is 0 Å². The number of aliphatic carboxylic acids is 1. The van der Waals surface area contributed by atoms with Gasteiger partial charge in [-0.05, 0) is 56.6 Å². The van der Waals surface area contributed by atoms with Crippen LogP contribution in [0.25, 0.3) is 0 Å². The topological polar surface area (TPSA) is 68.2 Å². The monoisotopic (exact) mass is 433 g/mol. The summed E-state index contributed by atoms with van der Waals surface area (Å²) in [7, 11) is 3.20. The van der Waals surface area contributed by atoms with E-state index in [2.05, 4.69) is 0 Å². The zero-order chi connectivity index (χ0) is 21.7. The summed E-state index contributed by atoms with van der Waals surface area (Å²) in [5.41, 5.74) is 1.66. The molecule has 1 saturated heterocycles. The molecule has 162 valence electrons. The van der Waals surface area contributed by atoms with E-state index in [1.807, 2.05) is 42.2 Å². The van der Waals surface area contributed by atoms with Crippen LogP contribution < -0.4 is 14.2 Å². The van der Waals surface area contributed by atoms with Gasteiger partial charge in [0, 0.05) is 22.2 Å². The summed E-state index contributed by atoms with van der Waals surface area (Å²) in [6, 6.07) is 10.1. The Morgan fingerprint density at radius 2 is 1.93 bits per heavy atom. The van der Waals surface area contributed by atoms with E-state index in [1.165, 1.54) is 0 Å². The normalized spacial score (nSPS) is 17.9. The molecule has 7 heteroatoms. The first-order valence-corrected chi connectivity index (χ1v) is 10.5. The fourth-order valence-electron chi connectivity index (χ4n) is 4.12. The first-order chi connectivity index (χ1) is 14.5. The lowest BCUT2D eigenvalue weighted by atomic mass is 9.90. The van der Waals surface area contributed by atoms with Crippen LogP contribution in [0.15, 0.2) is 36.4 Å². The second-order valence-corrected chi connectivity index (χ2v) is 7.65. The highest BCUT2D eigenvalue weighted by atomic mass is 35.5. The van der Waals surface area contributed by atoms with Crippen LogP contribution in [0.1, 0.15) is 43.4 Å². The van der Waals surface area contributed by atoms with Crippen molar-refractivity contribution >= 4 is 17.6 Å². The molecule has 0 saturated carbocycles. The van der Waals surface area contributed by atoms with Crippen LogP contribution in [0, 0.1) is 0 Å². The fraction of sp³-hybridized carbons (Fsp3) is 0.435. The summed E-state index contributed by atoms with van der Waals surface area (Å²) in [6.45, 7) is 3.06. The number of carbonyl (C=O) groups is 1. The molecule has 1 aliphatic rings. The summed E-state index contributed by atoms with van der Waals surface area (Å²) >= 11 is 6.37. The van der Waals surface area contributed by atoms with Gasteiger partial charge in [-0.2, -0.15) is 0 Å². The van der Waals surface area contributed by atoms with Crippen molar-refractivity contribution in [2.24, 2.45) is 0 Å². The lowest BCUT2D eigenvalue weighted by Gasteiger charge is -2.40. The predicted octanol–water partition coefficient (Wildman–Crippen LogP) is 4.78. The Morgan fingerprint density at radius 1 is 1.13 bits per heavy atom. The van der Waals surface area contributed by atoms with Crippen molar-refractivity contribution in [2.45, 2.75) is 38.3 Å². The smallest absolute Gasteiger partial charge is 0.320 e. The van der Waals surface area contributed by atoms with Crippen molar-refractivity contribution in [2.75, 3.05) is 27.4 Å². The minimum atomic E-state index is -0.827. The van der Waals surface area contributed by atoms with Crippen molar-refractivity contribution in [3.8, 4) is 17.2 Å². The van der Waals surface area contributed by atoms with Gasteiger partial charge in [0.2, 0.25) is 0 Å². The number of halogens is 1. The van der Waals surface area contributed by atoms with Gasteiger partial charge >= 0.3 is 5.97 Å². The van der Waals surface area contributed by atoms with Gasteiger partial charge < -0.3 is 19.3 Å². The molecule has 1 aliphatic heterocycles.